The Morgan fingerprint density at radius 2 is 1.51 bits per heavy atom. The summed E-state index contributed by atoms with van der Waals surface area (Å²) in [5, 5.41) is 18.1. The maximum atomic E-state index is 12.2. The normalized spacial score (nSPS) is 11.7. The van der Waals surface area contributed by atoms with Gasteiger partial charge in [0.15, 0.2) is 17.3 Å². The lowest BCUT2D eigenvalue weighted by atomic mass is 9.97. The number of aryl methyl sites for hydroxylation is 1. The van der Waals surface area contributed by atoms with Crippen molar-refractivity contribution in [3.8, 4) is 34.1 Å². The quantitative estimate of drug-likeness (QED) is 0.122. The molecular formula is C34H38O9. The molecule has 0 spiro atoms. The van der Waals surface area contributed by atoms with Crippen molar-refractivity contribution in [2.24, 2.45) is 0 Å². The zero-order chi connectivity index (χ0) is 30.6. The molecule has 0 bridgehead atoms. The molecule has 228 valence electrons. The van der Waals surface area contributed by atoms with E-state index in [0.717, 1.165) is 54.4 Å². The van der Waals surface area contributed by atoms with E-state index in [1.165, 1.54) is 6.92 Å². The highest BCUT2D eigenvalue weighted by molar-refractivity contribution is 5.96. The van der Waals surface area contributed by atoms with E-state index < -0.39 is 11.9 Å². The van der Waals surface area contributed by atoms with Crippen LogP contribution < -0.4 is 18.9 Å². The Kier molecular flexibility index (Phi) is 11.4. The summed E-state index contributed by atoms with van der Waals surface area (Å²) in [6.45, 7) is 2.52. The molecule has 1 heterocycles. The van der Waals surface area contributed by atoms with Crippen LogP contribution in [-0.2, 0) is 22.4 Å². The van der Waals surface area contributed by atoms with Crippen molar-refractivity contribution < 1.29 is 43.5 Å². The largest absolute Gasteiger partial charge is 0.494 e. The highest BCUT2D eigenvalue weighted by atomic mass is 16.7. The number of fused-ring (bicyclic) bond motifs is 1. The molecule has 0 amide bonds. The number of unbranched alkanes of at least 4 members (excludes halogenated alkanes) is 3. The van der Waals surface area contributed by atoms with Crippen LogP contribution in [0.3, 0.4) is 0 Å². The third kappa shape index (κ3) is 9.49. The van der Waals surface area contributed by atoms with Gasteiger partial charge in [-0.25, -0.2) is 0 Å². The molecule has 0 aliphatic carbocycles. The molecule has 3 aromatic rings. The topological polar surface area (TPSA) is 129 Å². The molecule has 9 nitrogen and oxygen atoms in total. The Bertz CT molecular complexity index is 1430. The molecule has 43 heavy (non-hydrogen) atoms. The lowest BCUT2D eigenvalue weighted by molar-refractivity contribution is -0.138. The molecule has 0 radical (unpaired) electrons. The number of Topliss-reactive ketones (excluding diaryl/α,β-unsaturated/α-hetero) is 1. The second-order valence-electron chi connectivity index (χ2n) is 10.5. The fraction of sp³-hybridized carbons (Fsp3) is 0.382. The van der Waals surface area contributed by atoms with Crippen molar-refractivity contribution in [2.75, 3.05) is 20.0 Å². The first-order chi connectivity index (χ1) is 20.8. The Morgan fingerprint density at radius 3 is 2.30 bits per heavy atom. The number of carboxylic acid groups (broad SMARTS) is 2. The summed E-state index contributed by atoms with van der Waals surface area (Å²) in [6, 6.07) is 17.0. The van der Waals surface area contributed by atoms with Gasteiger partial charge in [-0.3, -0.25) is 14.4 Å². The molecule has 0 fully saturated rings. The molecule has 0 unspecified atom stereocenters. The minimum atomic E-state index is -0.872. The number of ether oxygens (including phenoxy) is 4. The van der Waals surface area contributed by atoms with Gasteiger partial charge in [0.05, 0.1) is 13.2 Å². The van der Waals surface area contributed by atoms with Crippen LogP contribution in [0.5, 0.6) is 23.0 Å². The van der Waals surface area contributed by atoms with Gasteiger partial charge in [0.1, 0.15) is 11.5 Å². The average Bonchev–Trinajstić information content (AvgIpc) is 3.46. The summed E-state index contributed by atoms with van der Waals surface area (Å²) in [7, 11) is 0. The van der Waals surface area contributed by atoms with Crippen LogP contribution >= 0.6 is 0 Å². The number of benzene rings is 3. The van der Waals surface area contributed by atoms with E-state index in [2.05, 4.69) is 0 Å². The minimum absolute atomic E-state index is 0.00104. The van der Waals surface area contributed by atoms with Gasteiger partial charge in [0, 0.05) is 18.4 Å². The number of rotatable bonds is 18. The van der Waals surface area contributed by atoms with Crippen molar-refractivity contribution in [2.45, 2.75) is 64.7 Å². The van der Waals surface area contributed by atoms with E-state index in [0.29, 0.717) is 48.0 Å². The second-order valence-corrected chi connectivity index (χ2v) is 10.5. The van der Waals surface area contributed by atoms with Gasteiger partial charge in [-0.15, -0.1) is 0 Å². The molecule has 1 aliphatic heterocycles. The first kappa shape index (κ1) is 31.4. The highest BCUT2D eigenvalue weighted by Crippen LogP contribution is 2.37. The number of aliphatic carboxylic acids is 2. The highest BCUT2D eigenvalue weighted by Gasteiger charge is 2.16. The van der Waals surface area contributed by atoms with Crippen LogP contribution in [-0.4, -0.2) is 47.9 Å². The molecule has 9 heteroatoms. The fourth-order valence-electron chi connectivity index (χ4n) is 4.99. The van der Waals surface area contributed by atoms with Gasteiger partial charge in [-0.05, 0) is 97.7 Å². The molecule has 0 atom stereocenters. The van der Waals surface area contributed by atoms with E-state index in [4.69, 9.17) is 24.1 Å². The monoisotopic (exact) mass is 590 g/mol. The predicted octanol–water partition coefficient (Wildman–Crippen LogP) is 6.73. The Morgan fingerprint density at radius 1 is 0.744 bits per heavy atom. The summed E-state index contributed by atoms with van der Waals surface area (Å²) in [5.41, 5.74) is 4.30. The van der Waals surface area contributed by atoms with Crippen LogP contribution in [0.4, 0.5) is 0 Å². The third-order valence-corrected chi connectivity index (χ3v) is 7.24. The molecule has 4 rings (SSSR count). The van der Waals surface area contributed by atoms with Gasteiger partial charge in [-0.1, -0.05) is 31.0 Å². The van der Waals surface area contributed by atoms with E-state index in [1.54, 1.807) is 6.07 Å². The molecular weight excluding hydrogens is 552 g/mol. The van der Waals surface area contributed by atoms with Gasteiger partial charge in [0.2, 0.25) is 6.79 Å². The lowest BCUT2D eigenvalue weighted by Gasteiger charge is -2.15. The number of carbonyl (C=O) groups is 3. The number of hydrogen-bond acceptors (Lipinski definition) is 7. The fourth-order valence-corrected chi connectivity index (χ4v) is 4.99. The first-order valence-electron chi connectivity index (χ1n) is 14.7. The van der Waals surface area contributed by atoms with Crippen LogP contribution in [0.25, 0.3) is 11.1 Å². The molecule has 0 saturated carbocycles. The molecule has 0 aromatic heterocycles. The molecule has 3 aromatic carbocycles. The Balaban J connectivity index is 1.27. The first-order valence-corrected chi connectivity index (χ1v) is 14.7. The lowest BCUT2D eigenvalue weighted by Crippen LogP contribution is -2.07. The zero-order valence-electron chi connectivity index (χ0n) is 24.4. The summed E-state index contributed by atoms with van der Waals surface area (Å²) in [4.78, 5) is 34.2. The van der Waals surface area contributed by atoms with E-state index in [9.17, 15) is 19.5 Å². The smallest absolute Gasteiger partial charge is 0.303 e. The summed E-state index contributed by atoms with van der Waals surface area (Å²) >= 11 is 0. The van der Waals surface area contributed by atoms with E-state index in [-0.39, 0.29) is 32.0 Å². The molecule has 2 N–H and O–H groups in total. The average molecular weight is 591 g/mol. The van der Waals surface area contributed by atoms with Gasteiger partial charge in [0.25, 0.3) is 0 Å². The predicted molar refractivity (Wildman–Crippen MR) is 160 cm³/mol. The van der Waals surface area contributed by atoms with Gasteiger partial charge >= 0.3 is 11.9 Å². The molecule has 0 saturated heterocycles. The van der Waals surface area contributed by atoms with E-state index >= 15 is 0 Å². The number of hydrogen-bond donors (Lipinski definition) is 2. The van der Waals surface area contributed by atoms with Crippen LogP contribution in [0.15, 0.2) is 54.6 Å². The van der Waals surface area contributed by atoms with Crippen LogP contribution in [0.1, 0.15) is 73.4 Å². The summed E-state index contributed by atoms with van der Waals surface area (Å²) in [6.07, 6.45) is 5.28. The third-order valence-electron chi connectivity index (χ3n) is 7.24. The van der Waals surface area contributed by atoms with Crippen molar-refractivity contribution in [1.29, 1.82) is 0 Å². The van der Waals surface area contributed by atoms with Crippen LogP contribution in [0, 0.1) is 0 Å². The number of carbonyl (C=O) groups excluding carboxylic acids is 1. The van der Waals surface area contributed by atoms with Crippen molar-refractivity contribution >= 4 is 17.7 Å². The second kappa shape index (κ2) is 15.6. The van der Waals surface area contributed by atoms with Gasteiger partial charge < -0.3 is 29.2 Å². The maximum absolute atomic E-state index is 12.2. The molecule has 1 aliphatic rings. The van der Waals surface area contributed by atoms with Crippen molar-refractivity contribution in [1.82, 2.24) is 0 Å². The van der Waals surface area contributed by atoms with Gasteiger partial charge in [-0.2, -0.15) is 0 Å². The summed E-state index contributed by atoms with van der Waals surface area (Å²) < 4.78 is 22.8. The van der Waals surface area contributed by atoms with Crippen molar-refractivity contribution in [3.05, 3.63) is 71.3 Å². The van der Waals surface area contributed by atoms with Crippen LogP contribution in [0.2, 0.25) is 0 Å². The zero-order valence-corrected chi connectivity index (χ0v) is 24.4. The summed E-state index contributed by atoms with van der Waals surface area (Å²) in [5.74, 6) is 0.873. The number of carboxylic acids is 2. The number of ketones is 1. The van der Waals surface area contributed by atoms with Crippen molar-refractivity contribution in [3.63, 3.8) is 0 Å². The standard InChI is InChI=1S/C34H38O9/c1-23(35)26-18-27(25-12-14-31-32(21-25)43-22-42-31)20-28(19-26)40-16-5-3-2-4-8-24-9-6-10-30(29(24)13-15-34(38)39)41-17-7-11-33(36)37/h6,9-10,12,14,18-21H,2-5,7-8,11,13,15-17,22H2,1H3,(H,36,37)(H,38,39). The maximum Gasteiger partial charge on any atom is 0.303 e. The van der Waals surface area contributed by atoms with E-state index in [1.807, 2.05) is 48.5 Å². The Hall–Kier alpha value is -4.53. The minimum Gasteiger partial charge on any atom is -0.494 e. The SMILES string of the molecule is CC(=O)c1cc(OCCCCCCc2cccc(OCCCC(=O)O)c2CCC(=O)O)cc(-c2ccc3c(c2)OCO3)c1. The Labute approximate surface area is 251 Å².